The standard InChI is InChI=1S/C14H23N3O10.Ag/c18-10(19)5-15(1-3-16(6-11(20)21)7-12(22)23)2-4-17(8-13(24)25)9-14(26)27;/h1-9H2,(H,18,19)(H,20,21)(H,22,23)(H,24,25)(H,26,27);/q;+1. The molecule has 0 amide bonds. The molecule has 5 N–H and O–H groups in total. The average Bonchev–Trinajstić information content (AvgIpc) is 2.46. The zero-order valence-electron chi connectivity index (χ0n) is 14.8. The van der Waals surface area contributed by atoms with Crippen LogP contribution in [-0.2, 0) is 46.4 Å². The van der Waals surface area contributed by atoms with Gasteiger partial charge in [-0.25, -0.2) is 0 Å². The zero-order chi connectivity index (χ0) is 21.0. The van der Waals surface area contributed by atoms with Crippen LogP contribution in [0, 0.1) is 0 Å². The first-order chi connectivity index (χ1) is 12.5. The number of carboxylic acids is 5. The van der Waals surface area contributed by atoms with Crippen LogP contribution in [0.1, 0.15) is 0 Å². The smallest absolute Gasteiger partial charge is 0.480 e. The van der Waals surface area contributed by atoms with Crippen molar-refractivity contribution < 1.29 is 71.9 Å². The Morgan fingerprint density at radius 3 is 0.821 bits per heavy atom. The third kappa shape index (κ3) is 16.2. The van der Waals surface area contributed by atoms with E-state index < -0.39 is 62.6 Å². The minimum atomic E-state index is -1.24. The molecule has 0 aromatic carbocycles. The summed E-state index contributed by atoms with van der Waals surface area (Å²) in [5, 5.41) is 44.1. The van der Waals surface area contributed by atoms with E-state index in [-0.39, 0.29) is 48.6 Å². The SMILES string of the molecule is O=C(O)CN(CCN(CC(=O)O)CC(=O)O)CCN(CC(=O)O)CC(=O)O.[Ag+]. The largest absolute Gasteiger partial charge is 1.00 e. The Kier molecular flexibility index (Phi) is 15.1. The van der Waals surface area contributed by atoms with E-state index in [0.717, 1.165) is 9.80 Å². The molecule has 0 radical (unpaired) electrons. The van der Waals surface area contributed by atoms with Crippen LogP contribution in [0.3, 0.4) is 0 Å². The molecule has 0 unspecified atom stereocenters. The molecular weight excluding hydrogens is 478 g/mol. The maximum absolute atomic E-state index is 11.0. The van der Waals surface area contributed by atoms with Crippen LogP contribution in [0.4, 0.5) is 0 Å². The van der Waals surface area contributed by atoms with Crippen molar-refractivity contribution in [2.45, 2.75) is 0 Å². The monoisotopic (exact) mass is 500 g/mol. The number of aliphatic carboxylic acids is 5. The molecule has 0 spiro atoms. The van der Waals surface area contributed by atoms with E-state index in [2.05, 4.69) is 0 Å². The molecule has 0 aliphatic carbocycles. The zero-order valence-corrected chi connectivity index (χ0v) is 16.3. The quantitative estimate of drug-likeness (QED) is 0.137. The number of nitrogens with zero attached hydrogens (tertiary/aromatic N) is 3. The van der Waals surface area contributed by atoms with Crippen molar-refractivity contribution in [1.82, 2.24) is 14.7 Å². The van der Waals surface area contributed by atoms with Crippen molar-refractivity contribution in [3.05, 3.63) is 0 Å². The molecule has 28 heavy (non-hydrogen) atoms. The molecule has 0 fully saturated rings. The summed E-state index contributed by atoms with van der Waals surface area (Å²) < 4.78 is 0. The van der Waals surface area contributed by atoms with E-state index in [4.69, 9.17) is 25.5 Å². The van der Waals surface area contributed by atoms with Gasteiger partial charge >= 0.3 is 52.2 Å². The van der Waals surface area contributed by atoms with E-state index in [9.17, 15) is 24.0 Å². The number of rotatable bonds is 16. The predicted molar refractivity (Wildman–Crippen MR) is 87.5 cm³/mol. The molecule has 0 aliphatic heterocycles. The molecular formula is C14H23AgN3O10+. The number of hydrogen-bond acceptors (Lipinski definition) is 8. The Bertz CT molecular complexity index is 487. The van der Waals surface area contributed by atoms with Gasteiger partial charge in [-0.15, -0.1) is 0 Å². The average molecular weight is 501 g/mol. The van der Waals surface area contributed by atoms with Crippen LogP contribution < -0.4 is 0 Å². The molecule has 0 saturated carbocycles. The summed E-state index contributed by atoms with van der Waals surface area (Å²) in [7, 11) is 0. The van der Waals surface area contributed by atoms with Gasteiger partial charge < -0.3 is 25.5 Å². The van der Waals surface area contributed by atoms with E-state index in [1.54, 1.807) is 0 Å². The minimum absolute atomic E-state index is 0. The Morgan fingerprint density at radius 2 is 0.607 bits per heavy atom. The van der Waals surface area contributed by atoms with Crippen molar-refractivity contribution in [3.8, 4) is 0 Å². The number of carboxylic acid groups (broad SMARTS) is 5. The summed E-state index contributed by atoms with van der Waals surface area (Å²) in [6.45, 7) is -2.74. The fourth-order valence-corrected chi connectivity index (χ4v) is 2.22. The van der Waals surface area contributed by atoms with Crippen LogP contribution >= 0.6 is 0 Å². The second kappa shape index (κ2) is 15.0. The molecule has 0 atom stereocenters. The molecule has 0 aliphatic rings. The molecule has 0 aromatic heterocycles. The first-order valence-corrected chi connectivity index (χ1v) is 7.75. The molecule has 0 rings (SSSR count). The van der Waals surface area contributed by atoms with Crippen molar-refractivity contribution in [2.24, 2.45) is 0 Å². The fourth-order valence-electron chi connectivity index (χ4n) is 2.22. The van der Waals surface area contributed by atoms with Gasteiger partial charge in [0.25, 0.3) is 0 Å². The van der Waals surface area contributed by atoms with Gasteiger partial charge in [-0.3, -0.25) is 38.7 Å². The number of carbonyl (C=O) groups is 5. The molecule has 0 heterocycles. The number of hydrogen-bond donors (Lipinski definition) is 5. The molecule has 0 aromatic rings. The molecule has 0 bridgehead atoms. The van der Waals surface area contributed by atoms with Crippen molar-refractivity contribution in [1.29, 1.82) is 0 Å². The maximum atomic E-state index is 11.0. The minimum Gasteiger partial charge on any atom is -0.480 e. The van der Waals surface area contributed by atoms with Crippen LogP contribution in [0.2, 0.25) is 0 Å². The summed E-state index contributed by atoms with van der Waals surface area (Å²) in [5.41, 5.74) is 0. The van der Waals surface area contributed by atoms with E-state index >= 15 is 0 Å². The third-order valence-electron chi connectivity index (χ3n) is 3.26. The summed E-state index contributed by atoms with van der Waals surface area (Å²) >= 11 is 0. The van der Waals surface area contributed by atoms with Crippen LogP contribution in [0.5, 0.6) is 0 Å². The Balaban J connectivity index is 0. The van der Waals surface area contributed by atoms with Crippen LogP contribution in [0.25, 0.3) is 0 Å². The van der Waals surface area contributed by atoms with Crippen molar-refractivity contribution in [2.75, 3.05) is 58.9 Å². The predicted octanol–water partition coefficient (Wildman–Crippen LogP) is -2.69. The molecule has 13 nitrogen and oxygen atoms in total. The summed E-state index contributed by atoms with van der Waals surface area (Å²) in [4.78, 5) is 57.6. The normalized spacial score (nSPS) is 10.7. The van der Waals surface area contributed by atoms with Gasteiger partial charge in [0.05, 0.1) is 32.7 Å². The van der Waals surface area contributed by atoms with Gasteiger partial charge in [0.1, 0.15) is 0 Å². The molecule has 14 heteroatoms. The molecule has 0 saturated heterocycles. The van der Waals surface area contributed by atoms with Gasteiger partial charge in [0.15, 0.2) is 0 Å². The Morgan fingerprint density at radius 1 is 0.429 bits per heavy atom. The second-order valence-corrected chi connectivity index (χ2v) is 5.67. The fraction of sp³-hybridized carbons (Fsp3) is 0.643. The molecule has 164 valence electrons. The first kappa shape index (κ1) is 28.2. The third-order valence-corrected chi connectivity index (χ3v) is 3.26. The van der Waals surface area contributed by atoms with Crippen molar-refractivity contribution >= 4 is 29.8 Å². The van der Waals surface area contributed by atoms with Crippen LogP contribution in [-0.4, -0.2) is 129 Å². The van der Waals surface area contributed by atoms with Gasteiger partial charge in [-0.1, -0.05) is 0 Å². The van der Waals surface area contributed by atoms with Crippen LogP contribution in [0.15, 0.2) is 0 Å². The summed E-state index contributed by atoms with van der Waals surface area (Å²) in [6, 6.07) is 0. The van der Waals surface area contributed by atoms with E-state index in [0.29, 0.717) is 0 Å². The summed E-state index contributed by atoms with van der Waals surface area (Å²) in [5.74, 6) is -6.16. The van der Waals surface area contributed by atoms with Gasteiger partial charge in [-0.05, 0) is 0 Å². The Labute approximate surface area is 175 Å². The summed E-state index contributed by atoms with van der Waals surface area (Å²) in [6.07, 6.45) is 0. The van der Waals surface area contributed by atoms with Crippen molar-refractivity contribution in [3.63, 3.8) is 0 Å². The maximum Gasteiger partial charge on any atom is 1.00 e. The van der Waals surface area contributed by atoms with Gasteiger partial charge in [-0.2, -0.15) is 0 Å². The topological polar surface area (TPSA) is 196 Å². The second-order valence-electron chi connectivity index (χ2n) is 5.67. The Hall–Kier alpha value is -2.03. The first-order valence-electron chi connectivity index (χ1n) is 7.75. The van der Waals surface area contributed by atoms with E-state index in [1.807, 2.05) is 0 Å². The van der Waals surface area contributed by atoms with E-state index in [1.165, 1.54) is 4.90 Å². The van der Waals surface area contributed by atoms with Gasteiger partial charge in [0.2, 0.25) is 0 Å². The van der Waals surface area contributed by atoms with Gasteiger partial charge in [0, 0.05) is 26.2 Å².